The lowest BCUT2D eigenvalue weighted by atomic mass is 10.1. The van der Waals surface area contributed by atoms with Crippen LogP contribution in [0.15, 0.2) is 42.7 Å². The molecule has 1 atom stereocenters. The maximum atomic E-state index is 10.6. The summed E-state index contributed by atoms with van der Waals surface area (Å²) < 4.78 is 1.86. The Morgan fingerprint density at radius 2 is 2.16 bits per heavy atom. The Kier molecular flexibility index (Phi) is 4.25. The van der Waals surface area contributed by atoms with Crippen LogP contribution in [-0.2, 0) is 6.54 Å². The number of nitro groups is 1. The van der Waals surface area contributed by atoms with Gasteiger partial charge in [0.15, 0.2) is 0 Å². The third kappa shape index (κ3) is 3.62. The van der Waals surface area contributed by atoms with E-state index in [1.54, 1.807) is 18.3 Å². The largest absolute Gasteiger partial charge is 0.308 e. The van der Waals surface area contributed by atoms with Gasteiger partial charge in [0.25, 0.3) is 5.69 Å². The maximum absolute atomic E-state index is 10.6. The second kappa shape index (κ2) is 6.10. The molecule has 0 saturated carbocycles. The van der Waals surface area contributed by atoms with E-state index < -0.39 is 0 Å². The van der Waals surface area contributed by atoms with Crippen molar-refractivity contribution < 1.29 is 4.92 Å². The molecule has 0 spiro atoms. The first-order valence-electron chi connectivity index (χ1n) is 6.12. The van der Waals surface area contributed by atoms with Crippen LogP contribution in [0, 0.1) is 10.1 Å². The van der Waals surface area contributed by atoms with Gasteiger partial charge < -0.3 is 5.32 Å². The van der Waals surface area contributed by atoms with E-state index in [-0.39, 0.29) is 16.7 Å². The highest BCUT2D eigenvalue weighted by molar-refractivity contribution is 5.33. The van der Waals surface area contributed by atoms with Gasteiger partial charge in [-0.2, -0.15) is 5.10 Å². The maximum Gasteiger partial charge on any atom is 0.269 e. The minimum atomic E-state index is -0.389. The first-order valence-corrected chi connectivity index (χ1v) is 6.12. The number of non-ortho nitro benzene ring substituents is 1. The molecule has 1 aromatic carbocycles. The van der Waals surface area contributed by atoms with Crippen molar-refractivity contribution >= 4 is 5.69 Å². The molecular formula is C13H16N4O2. The fourth-order valence-electron chi connectivity index (χ4n) is 1.83. The Bertz CT molecular complexity index is 522. The van der Waals surface area contributed by atoms with Gasteiger partial charge in [0.1, 0.15) is 0 Å². The lowest BCUT2D eigenvalue weighted by molar-refractivity contribution is -0.384. The predicted octanol–water partition coefficient (Wildman–Crippen LogP) is 2.14. The predicted molar refractivity (Wildman–Crippen MR) is 71.7 cm³/mol. The average molecular weight is 260 g/mol. The van der Waals surface area contributed by atoms with Crippen molar-refractivity contribution in [2.75, 3.05) is 6.54 Å². The van der Waals surface area contributed by atoms with Gasteiger partial charge in [-0.1, -0.05) is 12.1 Å². The summed E-state index contributed by atoms with van der Waals surface area (Å²) in [6, 6.07) is 8.66. The molecule has 1 N–H and O–H groups in total. The van der Waals surface area contributed by atoms with Crippen molar-refractivity contribution in [3.8, 4) is 0 Å². The fraction of sp³-hybridized carbons (Fsp3) is 0.308. The molecule has 1 unspecified atom stereocenters. The molecule has 0 aliphatic rings. The van der Waals surface area contributed by atoms with Crippen molar-refractivity contribution in [3.05, 3.63) is 58.4 Å². The summed E-state index contributed by atoms with van der Waals surface area (Å²) in [7, 11) is 0. The highest BCUT2D eigenvalue weighted by atomic mass is 16.6. The van der Waals surface area contributed by atoms with Crippen LogP contribution in [0.4, 0.5) is 5.69 Å². The molecule has 0 aliphatic heterocycles. The summed E-state index contributed by atoms with van der Waals surface area (Å²) in [5.74, 6) is 0. The van der Waals surface area contributed by atoms with Crippen molar-refractivity contribution in [3.63, 3.8) is 0 Å². The van der Waals surface area contributed by atoms with Crippen LogP contribution in [0.25, 0.3) is 0 Å². The monoisotopic (exact) mass is 260 g/mol. The fourth-order valence-corrected chi connectivity index (χ4v) is 1.83. The standard InChI is InChI=1S/C13H16N4O2/c1-11(14-8-10-16-9-2-7-15-16)12-3-5-13(6-4-12)17(18)19/h2-7,9,11,14H,8,10H2,1H3. The van der Waals surface area contributed by atoms with E-state index in [4.69, 9.17) is 0 Å². The van der Waals surface area contributed by atoms with E-state index >= 15 is 0 Å². The number of nitro benzene ring substituents is 1. The normalized spacial score (nSPS) is 12.3. The Morgan fingerprint density at radius 1 is 1.42 bits per heavy atom. The molecule has 2 rings (SSSR count). The average Bonchev–Trinajstić information content (AvgIpc) is 2.92. The van der Waals surface area contributed by atoms with Crippen LogP contribution in [0.5, 0.6) is 0 Å². The molecule has 0 aliphatic carbocycles. The minimum absolute atomic E-state index is 0.118. The van der Waals surface area contributed by atoms with Crippen LogP contribution >= 0.6 is 0 Å². The number of nitrogens with zero attached hydrogens (tertiary/aromatic N) is 3. The summed E-state index contributed by atoms with van der Waals surface area (Å²) in [6.07, 6.45) is 3.66. The van der Waals surface area contributed by atoms with Crippen LogP contribution < -0.4 is 5.32 Å². The highest BCUT2D eigenvalue weighted by Crippen LogP contribution is 2.17. The summed E-state index contributed by atoms with van der Waals surface area (Å²) in [5.41, 5.74) is 1.15. The Morgan fingerprint density at radius 3 is 2.74 bits per heavy atom. The van der Waals surface area contributed by atoms with Crippen molar-refractivity contribution in [1.29, 1.82) is 0 Å². The number of benzene rings is 1. The van der Waals surface area contributed by atoms with E-state index in [1.165, 1.54) is 12.1 Å². The second-order valence-electron chi connectivity index (χ2n) is 4.29. The molecule has 2 aromatic rings. The second-order valence-corrected chi connectivity index (χ2v) is 4.29. The summed E-state index contributed by atoms with van der Waals surface area (Å²) >= 11 is 0. The van der Waals surface area contributed by atoms with Gasteiger partial charge in [-0.05, 0) is 18.6 Å². The van der Waals surface area contributed by atoms with E-state index in [1.807, 2.05) is 23.9 Å². The molecule has 6 heteroatoms. The Hall–Kier alpha value is -2.21. The number of rotatable bonds is 6. The zero-order valence-electron chi connectivity index (χ0n) is 10.7. The zero-order chi connectivity index (χ0) is 13.7. The van der Waals surface area contributed by atoms with Crippen molar-refractivity contribution in [2.24, 2.45) is 0 Å². The number of nitrogens with one attached hydrogen (secondary N) is 1. The molecular weight excluding hydrogens is 244 g/mol. The summed E-state index contributed by atoms with van der Waals surface area (Å²) in [6.45, 7) is 3.62. The molecule has 6 nitrogen and oxygen atoms in total. The zero-order valence-corrected chi connectivity index (χ0v) is 10.7. The van der Waals surface area contributed by atoms with E-state index in [0.29, 0.717) is 0 Å². The van der Waals surface area contributed by atoms with Gasteiger partial charge in [0.05, 0.1) is 11.5 Å². The molecule has 0 radical (unpaired) electrons. The molecule has 0 amide bonds. The number of aromatic nitrogens is 2. The molecule has 19 heavy (non-hydrogen) atoms. The quantitative estimate of drug-likeness (QED) is 0.638. The van der Waals surface area contributed by atoms with E-state index in [2.05, 4.69) is 10.4 Å². The lowest BCUT2D eigenvalue weighted by Crippen LogP contribution is -2.23. The van der Waals surface area contributed by atoms with Gasteiger partial charge >= 0.3 is 0 Å². The summed E-state index contributed by atoms with van der Waals surface area (Å²) in [5, 5.41) is 18.0. The molecule has 0 saturated heterocycles. The lowest BCUT2D eigenvalue weighted by Gasteiger charge is -2.14. The van der Waals surface area contributed by atoms with Crippen LogP contribution in [0.2, 0.25) is 0 Å². The SMILES string of the molecule is CC(NCCn1cccn1)c1ccc([N+](=O)[O-])cc1. The molecule has 100 valence electrons. The van der Waals surface area contributed by atoms with Crippen LogP contribution in [0.3, 0.4) is 0 Å². The van der Waals surface area contributed by atoms with Gasteiger partial charge in [0.2, 0.25) is 0 Å². The Balaban J connectivity index is 1.85. The molecule has 0 fully saturated rings. The van der Waals surface area contributed by atoms with Crippen LogP contribution in [0.1, 0.15) is 18.5 Å². The molecule has 0 bridgehead atoms. The van der Waals surface area contributed by atoms with Gasteiger partial charge in [-0.3, -0.25) is 14.8 Å². The van der Waals surface area contributed by atoms with E-state index in [9.17, 15) is 10.1 Å². The Labute approximate surface area is 111 Å². The van der Waals surface area contributed by atoms with Gasteiger partial charge in [-0.25, -0.2) is 0 Å². The van der Waals surface area contributed by atoms with Gasteiger partial charge in [-0.15, -0.1) is 0 Å². The van der Waals surface area contributed by atoms with Crippen molar-refractivity contribution in [1.82, 2.24) is 15.1 Å². The molecule has 1 heterocycles. The first kappa shape index (κ1) is 13.2. The summed E-state index contributed by atoms with van der Waals surface area (Å²) in [4.78, 5) is 10.2. The topological polar surface area (TPSA) is 73.0 Å². The third-order valence-electron chi connectivity index (χ3n) is 2.95. The highest BCUT2D eigenvalue weighted by Gasteiger charge is 2.08. The smallest absolute Gasteiger partial charge is 0.269 e. The first-order chi connectivity index (χ1) is 9.16. The number of hydrogen-bond donors (Lipinski definition) is 1. The minimum Gasteiger partial charge on any atom is -0.308 e. The third-order valence-corrected chi connectivity index (χ3v) is 2.95. The van der Waals surface area contributed by atoms with Gasteiger partial charge in [0, 0.05) is 37.1 Å². The van der Waals surface area contributed by atoms with E-state index in [0.717, 1.165) is 18.7 Å². The van der Waals surface area contributed by atoms with Crippen molar-refractivity contribution in [2.45, 2.75) is 19.5 Å². The van der Waals surface area contributed by atoms with Crippen LogP contribution in [-0.4, -0.2) is 21.2 Å². The number of hydrogen-bond acceptors (Lipinski definition) is 4. The molecule has 1 aromatic heterocycles.